The van der Waals surface area contributed by atoms with Gasteiger partial charge in [0.1, 0.15) is 5.82 Å². The van der Waals surface area contributed by atoms with Gasteiger partial charge in [-0.05, 0) is 55.9 Å². The van der Waals surface area contributed by atoms with E-state index < -0.39 is 0 Å². The number of carbonyl (C=O) groups excluding carboxylic acids is 1. The van der Waals surface area contributed by atoms with Crippen LogP contribution in [0.1, 0.15) is 29.5 Å². The number of amides is 1. The number of rotatable bonds is 7. The predicted octanol–water partition coefficient (Wildman–Crippen LogP) is 2.88. The molecule has 2 N–H and O–H groups in total. The molecule has 0 spiro atoms. The summed E-state index contributed by atoms with van der Waals surface area (Å²) in [7, 11) is 5.57. The average Bonchev–Trinajstić information content (AvgIpc) is 3.16. The Hall–Kier alpha value is -2.93. The lowest BCUT2D eigenvalue weighted by molar-refractivity contribution is -0.117. The van der Waals surface area contributed by atoms with Crippen LogP contribution in [-0.2, 0) is 24.4 Å². The largest absolute Gasteiger partial charge is 0.352 e. The number of aliphatic imine (C=N–C) groups is 1. The zero-order valence-corrected chi connectivity index (χ0v) is 17.9. The third-order valence-corrected chi connectivity index (χ3v) is 5.06. The van der Waals surface area contributed by atoms with Gasteiger partial charge in [0.2, 0.25) is 5.91 Å². The highest BCUT2D eigenvalue weighted by Gasteiger charge is 2.21. The van der Waals surface area contributed by atoms with E-state index in [-0.39, 0.29) is 11.7 Å². The molecule has 6 nitrogen and oxygen atoms in total. The smallest absolute Gasteiger partial charge is 0.227 e. The van der Waals surface area contributed by atoms with Crippen LogP contribution < -0.4 is 15.5 Å². The first-order valence-electron chi connectivity index (χ1n) is 10.2. The van der Waals surface area contributed by atoms with E-state index in [1.165, 1.54) is 6.07 Å². The molecule has 1 heterocycles. The van der Waals surface area contributed by atoms with Crippen LogP contribution in [0.3, 0.4) is 0 Å². The molecule has 1 aliphatic heterocycles. The van der Waals surface area contributed by atoms with Crippen LogP contribution in [0.15, 0.2) is 47.5 Å². The van der Waals surface area contributed by atoms with Gasteiger partial charge in [0.25, 0.3) is 0 Å². The molecule has 0 unspecified atom stereocenters. The number of hydrogen-bond donors (Lipinski definition) is 2. The van der Waals surface area contributed by atoms with Gasteiger partial charge >= 0.3 is 0 Å². The first-order valence-corrected chi connectivity index (χ1v) is 10.2. The summed E-state index contributed by atoms with van der Waals surface area (Å²) in [4.78, 5) is 19.9. The lowest BCUT2D eigenvalue weighted by Gasteiger charge is -2.17. The predicted molar refractivity (Wildman–Crippen MR) is 119 cm³/mol. The molecule has 0 aromatic heterocycles. The van der Waals surface area contributed by atoms with E-state index in [1.807, 2.05) is 54.2 Å². The molecule has 3 rings (SSSR count). The van der Waals surface area contributed by atoms with Crippen LogP contribution in [0, 0.1) is 5.82 Å². The van der Waals surface area contributed by atoms with Gasteiger partial charge in [0.05, 0.1) is 0 Å². The second kappa shape index (κ2) is 10.2. The van der Waals surface area contributed by atoms with E-state index in [1.54, 1.807) is 13.1 Å². The fraction of sp³-hybridized carbons (Fsp3) is 0.391. The minimum atomic E-state index is -0.186. The second-order valence-electron chi connectivity index (χ2n) is 7.76. The molecule has 2 aromatic rings. The third-order valence-electron chi connectivity index (χ3n) is 5.06. The van der Waals surface area contributed by atoms with Crippen molar-refractivity contribution < 1.29 is 9.18 Å². The molecule has 7 heteroatoms. The average molecular weight is 412 g/mol. The quantitative estimate of drug-likeness (QED) is 0.543. The van der Waals surface area contributed by atoms with Gasteiger partial charge in [-0.2, -0.15) is 0 Å². The van der Waals surface area contributed by atoms with Gasteiger partial charge in [-0.15, -0.1) is 0 Å². The maximum atomic E-state index is 13.9. The Kier molecular flexibility index (Phi) is 7.41. The monoisotopic (exact) mass is 411 g/mol. The molecule has 0 radical (unpaired) electrons. The maximum absolute atomic E-state index is 13.9. The summed E-state index contributed by atoms with van der Waals surface area (Å²) in [5, 5.41) is 6.56. The summed E-state index contributed by atoms with van der Waals surface area (Å²) >= 11 is 0. The SMILES string of the molecule is CN=C(NCc1ccc(N2CCCC2=O)cc1)NCc1ccc(F)c(CN(C)C)c1. The maximum Gasteiger partial charge on any atom is 0.227 e. The highest BCUT2D eigenvalue weighted by Crippen LogP contribution is 2.21. The molecule has 1 amide bonds. The van der Waals surface area contributed by atoms with Crippen molar-refractivity contribution in [2.45, 2.75) is 32.5 Å². The van der Waals surface area contributed by atoms with Crippen molar-refractivity contribution in [2.24, 2.45) is 4.99 Å². The summed E-state index contributed by atoms with van der Waals surface area (Å²) in [5.41, 5.74) is 3.73. The number of nitrogens with zero attached hydrogens (tertiary/aromatic N) is 3. The Morgan fingerprint density at radius 3 is 2.37 bits per heavy atom. The molecular formula is C23H30FN5O. The van der Waals surface area contributed by atoms with Crippen LogP contribution in [0.4, 0.5) is 10.1 Å². The van der Waals surface area contributed by atoms with Crippen molar-refractivity contribution >= 4 is 17.6 Å². The van der Waals surface area contributed by atoms with Crippen molar-refractivity contribution in [2.75, 3.05) is 32.6 Å². The van der Waals surface area contributed by atoms with Gasteiger partial charge in [-0.3, -0.25) is 9.79 Å². The van der Waals surface area contributed by atoms with Gasteiger partial charge in [0.15, 0.2) is 5.96 Å². The van der Waals surface area contributed by atoms with Crippen LogP contribution in [0.2, 0.25) is 0 Å². The van der Waals surface area contributed by atoms with E-state index in [0.717, 1.165) is 29.8 Å². The van der Waals surface area contributed by atoms with E-state index in [0.29, 0.717) is 37.6 Å². The zero-order valence-electron chi connectivity index (χ0n) is 17.9. The van der Waals surface area contributed by atoms with Crippen molar-refractivity contribution in [3.63, 3.8) is 0 Å². The van der Waals surface area contributed by atoms with Crippen LogP contribution in [0.5, 0.6) is 0 Å². The zero-order chi connectivity index (χ0) is 21.5. The fourth-order valence-corrected chi connectivity index (χ4v) is 3.51. The van der Waals surface area contributed by atoms with Gasteiger partial charge < -0.3 is 20.4 Å². The first-order chi connectivity index (χ1) is 14.5. The number of guanidine groups is 1. The molecule has 1 aliphatic rings. The summed E-state index contributed by atoms with van der Waals surface area (Å²) in [6, 6.07) is 13.2. The third kappa shape index (κ3) is 5.79. The summed E-state index contributed by atoms with van der Waals surface area (Å²) < 4.78 is 13.9. The Morgan fingerprint density at radius 1 is 1.10 bits per heavy atom. The number of nitrogens with one attached hydrogen (secondary N) is 2. The Morgan fingerprint density at radius 2 is 1.77 bits per heavy atom. The Balaban J connectivity index is 1.52. The number of halogens is 1. The van der Waals surface area contributed by atoms with Gasteiger partial charge in [-0.1, -0.05) is 18.2 Å². The van der Waals surface area contributed by atoms with Crippen LogP contribution in [-0.4, -0.2) is 44.5 Å². The topological polar surface area (TPSA) is 60.0 Å². The minimum Gasteiger partial charge on any atom is -0.352 e. The van der Waals surface area contributed by atoms with Crippen molar-refractivity contribution in [3.8, 4) is 0 Å². The van der Waals surface area contributed by atoms with E-state index >= 15 is 0 Å². The summed E-state index contributed by atoms with van der Waals surface area (Å²) in [6.07, 6.45) is 1.56. The first kappa shape index (κ1) is 21.8. The molecule has 1 saturated heterocycles. The normalized spacial score (nSPS) is 14.5. The molecule has 0 saturated carbocycles. The molecule has 0 aliphatic carbocycles. The van der Waals surface area contributed by atoms with Crippen molar-refractivity contribution in [3.05, 3.63) is 65.0 Å². The molecule has 30 heavy (non-hydrogen) atoms. The Bertz CT molecular complexity index is 895. The molecule has 2 aromatic carbocycles. The lowest BCUT2D eigenvalue weighted by Crippen LogP contribution is -2.36. The number of carbonyl (C=O) groups is 1. The summed E-state index contributed by atoms with van der Waals surface area (Å²) in [6.45, 7) is 2.53. The Labute approximate surface area is 177 Å². The van der Waals surface area contributed by atoms with Gasteiger partial charge in [-0.25, -0.2) is 4.39 Å². The van der Waals surface area contributed by atoms with E-state index in [4.69, 9.17) is 0 Å². The van der Waals surface area contributed by atoms with Crippen LogP contribution in [0.25, 0.3) is 0 Å². The molecule has 1 fully saturated rings. The highest BCUT2D eigenvalue weighted by atomic mass is 19.1. The number of anilines is 1. The molecule has 0 bridgehead atoms. The highest BCUT2D eigenvalue weighted by molar-refractivity contribution is 5.95. The number of hydrogen-bond acceptors (Lipinski definition) is 3. The van der Waals surface area contributed by atoms with Crippen molar-refractivity contribution in [1.82, 2.24) is 15.5 Å². The minimum absolute atomic E-state index is 0.186. The van der Waals surface area contributed by atoms with Crippen LogP contribution >= 0.6 is 0 Å². The van der Waals surface area contributed by atoms with Crippen molar-refractivity contribution in [1.29, 1.82) is 0 Å². The molecular weight excluding hydrogens is 381 g/mol. The summed E-state index contributed by atoms with van der Waals surface area (Å²) in [5.74, 6) is 0.682. The second-order valence-corrected chi connectivity index (χ2v) is 7.76. The molecule has 160 valence electrons. The fourth-order valence-electron chi connectivity index (χ4n) is 3.51. The van der Waals surface area contributed by atoms with E-state index in [9.17, 15) is 9.18 Å². The van der Waals surface area contributed by atoms with E-state index in [2.05, 4.69) is 15.6 Å². The van der Waals surface area contributed by atoms with Gasteiger partial charge in [0, 0.05) is 50.9 Å². The lowest BCUT2D eigenvalue weighted by atomic mass is 10.1. The molecule has 0 atom stereocenters. The number of benzene rings is 2. The standard InChI is InChI=1S/C23H30FN5O/c1-25-23(27-15-18-8-11-21(24)19(13-18)16-28(2)3)26-14-17-6-9-20(10-7-17)29-12-4-5-22(29)30/h6-11,13H,4-5,12,14-16H2,1-3H3,(H2,25,26,27).